The first-order valence-corrected chi connectivity index (χ1v) is 10.2. The van der Waals surface area contributed by atoms with E-state index in [0.29, 0.717) is 33.8 Å². The Hall–Kier alpha value is -3.92. The van der Waals surface area contributed by atoms with E-state index < -0.39 is 5.91 Å². The molecule has 0 aliphatic heterocycles. The third kappa shape index (κ3) is 4.86. The number of anilines is 2. The van der Waals surface area contributed by atoms with E-state index in [4.69, 9.17) is 14.2 Å². The fraction of sp³-hybridized carbons (Fsp3) is 0.182. The number of rotatable bonds is 8. The monoisotopic (exact) mass is 454 g/mol. The number of thiazole rings is 1. The van der Waals surface area contributed by atoms with Crippen molar-refractivity contribution in [3.63, 3.8) is 0 Å². The highest BCUT2D eigenvalue weighted by Crippen LogP contribution is 2.38. The minimum absolute atomic E-state index is 0.315. The minimum atomic E-state index is -0.395. The van der Waals surface area contributed by atoms with Gasteiger partial charge in [-0.25, -0.2) is 9.97 Å². The number of methoxy groups -OCH3 is 3. The van der Waals surface area contributed by atoms with Crippen molar-refractivity contribution >= 4 is 34.1 Å². The molecule has 2 heterocycles. The molecule has 0 fully saturated rings. The first kappa shape index (κ1) is 22.8. The van der Waals surface area contributed by atoms with Gasteiger partial charge < -0.3 is 19.5 Å². The zero-order valence-electron chi connectivity index (χ0n) is 18.0. The van der Waals surface area contributed by atoms with E-state index in [2.05, 4.69) is 27.2 Å². The number of carbonyl (C=O) groups excluding carboxylic acids is 2. The molecule has 0 saturated carbocycles. The Balaban J connectivity index is 1.86. The van der Waals surface area contributed by atoms with Crippen LogP contribution in [0.5, 0.6) is 17.2 Å². The van der Waals surface area contributed by atoms with E-state index in [1.54, 1.807) is 30.5 Å². The maximum absolute atomic E-state index is 12.9. The Bertz CT molecular complexity index is 1150. The van der Waals surface area contributed by atoms with Crippen molar-refractivity contribution in [2.45, 2.75) is 6.92 Å². The van der Waals surface area contributed by atoms with Crippen molar-refractivity contribution in [1.29, 1.82) is 0 Å². The van der Waals surface area contributed by atoms with Crippen LogP contribution in [0.3, 0.4) is 0 Å². The molecule has 32 heavy (non-hydrogen) atoms. The van der Waals surface area contributed by atoms with Crippen LogP contribution in [-0.2, 0) is 4.79 Å². The number of aromatic nitrogens is 2. The maximum atomic E-state index is 12.9. The van der Waals surface area contributed by atoms with Gasteiger partial charge in [0.1, 0.15) is 5.82 Å². The molecule has 2 aromatic heterocycles. The molecule has 2 amide bonds. The number of nitrogens with zero attached hydrogens (tertiary/aromatic N) is 2. The summed E-state index contributed by atoms with van der Waals surface area (Å²) in [5, 5.41) is 5.89. The van der Waals surface area contributed by atoms with Crippen molar-refractivity contribution in [1.82, 2.24) is 9.97 Å². The quantitative estimate of drug-likeness (QED) is 0.496. The van der Waals surface area contributed by atoms with Gasteiger partial charge in [0.25, 0.3) is 5.91 Å². The number of aryl methyl sites for hydroxylation is 1. The van der Waals surface area contributed by atoms with Crippen molar-refractivity contribution in [3.05, 3.63) is 54.4 Å². The number of benzene rings is 1. The molecule has 0 atom stereocenters. The fourth-order valence-corrected chi connectivity index (χ4v) is 3.88. The molecule has 0 aliphatic carbocycles. The number of carbonyl (C=O) groups is 2. The van der Waals surface area contributed by atoms with Gasteiger partial charge in [0, 0.05) is 11.8 Å². The zero-order valence-corrected chi connectivity index (χ0v) is 18.8. The van der Waals surface area contributed by atoms with E-state index in [-0.39, 0.29) is 5.91 Å². The molecule has 1 aromatic carbocycles. The molecule has 9 nitrogen and oxygen atoms in total. The van der Waals surface area contributed by atoms with Crippen molar-refractivity contribution in [3.8, 4) is 27.7 Å². The van der Waals surface area contributed by atoms with Gasteiger partial charge in [0.05, 0.1) is 31.9 Å². The summed E-state index contributed by atoms with van der Waals surface area (Å²) < 4.78 is 15.9. The summed E-state index contributed by atoms with van der Waals surface area (Å²) in [6.07, 6.45) is 2.76. The molecule has 0 aliphatic rings. The molecule has 3 aromatic rings. The molecule has 166 valence electrons. The molecular formula is C22H22N4O5S. The van der Waals surface area contributed by atoms with Gasteiger partial charge >= 0.3 is 0 Å². The predicted octanol–water partition coefficient (Wildman–Crippen LogP) is 3.92. The van der Waals surface area contributed by atoms with Crippen LogP contribution in [0, 0.1) is 6.92 Å². The molecule has 3 rings (SSSR count). The lowest BCUT2D eigenvalue weighted by molar-refractivity contribution is -0.111. The molecule has 2 N–H and O–H groups in total. The number of hydrogen-bond acceptors (Lipinski definition) is 8. The molecule has 0 saturated heterocycles. The van der Waals surface area contributed by atoms with Crippen LogP contribution in [0.1, 0.15) is 16.1 Å². The Kier molecular flexibility index (Phi) is 7.06. The lowest BCUT2D eigenvalue weighted by Gasteiger charge is -2.14. The van der Waals surface area contributed by atoms with Gasteiger partial charge in [0.2, 0.25) is 11.7 Å². The lowest BCUT2D eigenvalue weighted by atomic mass is 10.1. The fourth-order valence-electron chi connectivity index (χ4n) is 2.91. The summed E-state index contributed by atoms with van der Waals surface area (Å²) >= 11 is 1.32. The predicted molar refractivity (Wildman–Crippen MR) is 123 cm³/mol. The average molecular weight is 455 g/mol. The van der Waals surface area contributed by atoms with Gasteiger partial charge in [-0.1, -0.05) is 17.9 Å². The SMILES string of the molecule is C=CC(=O)Nc1nc(C)c(-c2ccnc(NC(=O)c3cc(OC)c(OC)c(OC)c3)c2)s1. The van der Waals surface area contributed by atoms with Crippen LogP contribution in [0.15, 0.2) is 43.1 Å². The summed E-state index contributed by atoms with van der Waals surface area (Å²) in [6, 6.07) is 6.65. The highest BCUT2D eigenvalue weighted by atomic mass is 32.1. The van der Waals surface area contributed by atoms with Crippen molar-refractivity contribution in [2.75, 3.05) is 32.0 Å². The molecule has 10 heteroatoms. The van der Waals surface area contributed by atoms with Crippen LogP contribution in [0.4, 0.5) is 10.9 Å². The normalized spacial score (nSPS) is 10.2. The molecular weight excluding hydrogens is 432 g/mol. The third-order valence-corrected chi connectivity index (χ3v) is 5.52. The number of pyridine rings is 1. The van der Waals surface area contributed by atoms with Gasteiger partial charge in [-0.3, -0.25) is 14.9 Å². The molecule has 0 unspecified atom stereocenters. The van der Waals surface area contributed by atoms with Gasteiger partial charge in [-0.2, -0.15) is 0 Å². The van der Waals surface area contributed by atoms with Crippen LogP contribution in [0.2, 0.25) is 0 Å². The number of nitrogens with one attached hydrogen (secondary N) is 2. The summed E-state index contributed by atoms with van der Waals surface area (Å²) in [5.41, 5.74) is 1.85. The molecule has 0 bridgehead atoms. The molecule has 0 spiro atoms. The van der Waals surface area contributed by atoms with E-state index in [1.165, 1.54) is 38.7 Å². The van der Waals surface area contributed by atoms with E-state index >= 15 is 0 Å². The highest BCUT2D eigenvalue weighted by molar-refractivity contribution is 7.19. The van der Waals surface area contributed by atoms with Crippen molar-refractivity contribution < 1.29 is 23.8 Å². The van der Waals surface area contributed by atoms with Crippen LogP contribution in [-0.4, -0.2) is 43.1 Å². The molecule has 0 radical (unpaired) electrons. The first-order valence-electron chi connectivity index (χ1n) is 9.38. The topological polar surface area (TPSA) is 112 Å². The second kappa shape index (κ2) is 9.92. The Morgan fingerprint density at radius 1 is 1.06 bits per heavy atom. The second-order valence-electron chi connectivity index (χ2n) is 6.42. The van der Waals surface area contributed by atoms with Crippen molar-refractivity contribution in [2.24, 2.45) is 0 Å². The standard InChI is InChI=1S/C22H22N4O5S/c1-6-18(27)26-22-24-12(2)20(32-22)13-7-8-23-17(11-13)25-21(28)14-9-15(29-3)19(31-5)16(10-14)30-4/h6-11H,1H2,2-5H3,(H,23,25,28)(H,24,26,27). The lowest BCUT2D eigenvalue weighted by Crippen LogP contribution is -2.13. The minimum Gasteiger partial charge on any atom is -0.493 e. The van der Waals surface area contributed by atoms with Crippen LogP contribution < -0.4 is 24.8 Å². The van der Waals surface area contributed by atoms with Crippen LogP contribution >= 0.6 is 11.3 Å². The Morgan fingerprint density at radius 2 is 1.75 bits per heavy atom. The average Bonchev–Trinajstić information content (AvgIpc) is 3.17. The summed E-state index contributed by atoms with van der Waals surface area (Å²) in [6.45, 7) is 5.27. The number of amides is 2. The highest BCUT2D eigenvalue weighted by Gasteiger charge is 2.18. The van der Waals surface area contributed by atoms with E-state index in [9.17, 15) is 9.59 Å². The smallest absolute Gasteiger partial charge is 0.257 e. The van der Waals surface area contributed by atoms with Gasteiger partial charge in [-0.05, 0) is 42.8 Å². The van der Waals surface area contributed by atoms with Crippen LogP contribution in [0.25, 0.3) is 10.4 Å². The third-order valence-electron chi connectivity index (χ3n) is 4.40. The second-order valence-corrected chi connectivity index (χ2v) is 7.42. The van der Waals surface area contributed by atoms with E-state index in [1.807, 2.05) is 6.92 Å². The maximum Gasteiger partial charge on any atom is 0.257 e. The Labute approximate surface area is 189 Å². The summed E-state index contributed by atoms with van der Waals surface area (Å²) in [7, 11) is 4.45. The number of ether oxygens (including phenoxy) is 3. The van der Waals surface area contributed by atoms with E-state index in [0.717, 1.165) is 16.1 Å². The summed E-state index contributed by atoms with van der Waals surface area (Å²) in [4.78, 5) is 33.8. The van der Waals surface area contributed by atoms with Gasteiger partial charge in [0.15, 0.2) is 16.6 Å². The largest absolute Gasteiger partial charge is 0.493 e. The Morgan fingerprint density at radius 3 is 2.34 bits per heavy atom. The number of hydrogen-bond donors (Lipinski definition) is 2. The van der Waals surface area contributed by atoms with Gasteiger partial charge in [-0.15, -0.1) is 0 Å². The first-order chi connectivity index (χ1) is 15.4. The summed E-state index contributed by atoms with van der Waals surface area (Å²) in [5.74, 6) is 0.755. The zero-order chi connectivity index (χ0) is 23.3.